The molecule has 0 aliphatic heterocycles. The number of nitrogens with one attached hydrogen (secondary N) is 1. The van der Waals surface area contributed by atoms with Crippen LogP contribution in [0.15, 0.2) is 35.5 Å². The predicted octanol–water partition coefficient (Wildman–Crippen LogP) is 4.06. The van der Waals surface area contributed by atoms with Crippen molar-refractivity contribution in [3.8, 4) is 17.5 Å². The molecule has 1 saturated carbocycles. The largest absolute Gasteiger partial charge is 0.404 e. The van der Waals surface area contributed by atoms with Crippen LogP contribution in [0.3, 0.4) is 0 Å². The number of rotatable bonds is 5. The van der Waals surface area contributed by atoms with Gasteiger partial charge in [0.15, 0.2) is 0 Å². The van der Waals surface area contributed by atoms with Crippen molar-refractivity contribution >= 4 is 20.9 Å². The van der Waals surface area contributed by atoms with Crippen molar-refractivity contribution in [1.29, 1.82) is 5.26 Å². The summed E-state index contributed by atoms with van der Waals surface area (Å²) in [5.74, 6) is -0.745. The van der Waals surface area contributed by atoms with Crippen molar-refractivity contribution in [3.05, 3.63) is 42.1 Å². The number of hydrogen-bond donors (Lipinski definition) is 1. The zero-order valence-corrected chi connectivity index (χ0v) is 17.5. The van der Waals surface area contributed by atoms with Gasteiger partial charge in [0.05, 0.1) is 28.7 Å². The van der Waals surface area contributed by atoms with Crippen LogP contribution >= 0.6 is 0 Å². The van der Waals surface area contributed by atoms with E-state index < -0.39 is 33.1 Å². The van der Waals surface area contributed by atoms with Gasteiger partial charge in [0.2, 0.25) is 16.0 Å². The third-order valence-electron chi connectivity index (χ3n) is 5.52. The maximum atomic E-state index is 13.8. The van der Waals surface area contributed by atoms with Crippen LogP contribution in [0.25, 0.3) is 22.3 Å². The van der Waals surface area contributed by atoms with Crippen LogP contribution in [-0.2, 0) is 10.0 Å². The van der Waals surface area contributed by atoms with Crippen molar-refractivity contribution in [1.82, 2.24) is 19.3 Å². The van der Waals surface area contributed by atoms with Crippen LogP contribution in [0, 0.1) is 17.3 Å². The van der Waals surface area contributed by atoms with Gasteiger partial charge in [-0.1, -0.05) is 0 Å². The highest BCUT2D eigenvalue weighted by Crippen LogP contribution is 2.42. The average Bonchev–Trinajstić information content (AvgIpc) is 2.99. The summed E-state index contributed by atoms with van der Waals surface area (Å²) in [6, 6.07) is 3.43. The van der Waals surface area contributed by atoms with E-state index in [9.17, 15) is 31.2 Å². The van der Waals surface area contributed by atoms with Gasteiger partial charge in [-0.2, -0.15) is 27.5 Å². The molecule has 1 aliphatic rings. The molecule has 0 unspecified atom stereocenters. The number of alkyl halides is 3. The summed E-state index contributed by atoms with van der Waals surface area (Å²) >= 11 is 0. The van der Waals surface area contributed by atoms with Crippen molar-refractivity contribution < 1.29 is 26.0 Å². The van der Waals surface area contributed by atoms with Crippen LogP contribution in [0.1, 0.15) is 37.8 Å². The maximum absolute atomic E-state index is 13.8. The number of aromatic nitrogens is 3. The summed E-state index contributed by atoms with van der Waals surface area (Å²) in [6.45, 7) is 0.697. The standard InChI is InChI=1S/C20H17F4N5O2S/c1-11(20(22,23)24)28-32(30,31)13-5-6-16(26-9-13)19-15(8-25)14-7-18(21)27-10-17(14)29(19)12-3-2-4-12/h5-7,9-12,28H,2-4H2,1H3/t11-/m1/s1. The van der Waals surface area contributed by atoms with E-state index in [1.807, 2.05) is 4.57 Å². The lowest BCUT2D eigenvalue weighted by Crippen LogP contribution is -2.42. The van der Waals surface area contributed by atoms with E-state index in [1.165, 1.54) is 12.3 Å². The minimum atomic E-state index is -4.74. The minimum Gasteiger partial charge on any atom is -0.334 e. The number of pyridine rings is 2. The molecule has 1 N–H and O–H groups in total. The highest BCUT2D eigenvalue weighted by Gasteiger charge is 2.39. The lowest BCUT2D eigenvalue weighted by molar-refractivity contribution is -0.147. The molecule has 12 heteroatoms. The molecule has 168 valence electrons. The van der Waals surface area contributed by atoms with Gasteiger partial charge in [0.25, 0.3) is 0 Å². The Morgan fingerprint density at radius 1 is 1.25 bits per heavy atom. The number of hydrogen-bond acceptors (Lipinski definition) is 5. The van der Waals surface area contributed by atoms with Gasteiger partial charge >= 0.3 is 6.18 Å². The molecule has 0 saturated heterocycles. The van der Waals surface area contributed by atoms with E-state index in [1.54, 1.807) is 4.72 Å². The van der Waals surface area contributed by atoms with Crippen LogP contribution in [0.4, 0.5) is 17.6 Å². The average molecular weight is 467 g/mol. The molecule has 3 aromatic rings. The smallest absolute Gasteiger partial charge is 0.334 e. The fraction of sp³-hybridized carbons (Fsp3) is 0.350. The number of nitrogens with zero attached hydrogens (tertiary/aromatic N) is 4. The first kappa shape index (κ1) is 22.2. The highest BCUT2D eigenvalue weighted by molar-refractivity contribution is 7.89. The van der Waals surface area contributed by atoms with Gasteiger partial charge in [-0.15, -0.1) is 0 Å². The van der Waals surface area contributed by atoms with Crippen LogP contribution in [0.5, 0.6) is 0 Å². The fourth-order valence-corrected chi connectivity index (χ4v) is 4.79. The molecular formula is C20H17F4N5O2S. The number of nitriles is 1. The first-order valence-electron chi connectivity index (χ1n) is 9.68. The van der Waals surface area contributed by atoms with Gasteiger partial charge < -0.3 is 4.57 Å². The molecule has 0 spiro atoms. The zero-order chi connectivity index (χ0) is 23.3. The highest BCUT2D eigenvalue weighted by atomic mass is 32.2. The summed E-state index contributed by atoms with van der Waals surface area (Å²) < 4.78 is 80.0. The molecule has 0 bridgehead atoms. The van der Waals surface area contributed by atoms with Crippen molar-refractivity contribution in [2.24, 2.45) is 0 Å². The second kappa shape index (κ2) is 7.83. The van der Waals surface area contributed by atoms with E-state index in [4.69, 9.17) is 0 Å². The lowest BCUT2D eigenvalue weighted by Gasteiger charge is -2.29. The van der Waals surface area contributed by atoms with E-state index in [0.29, 0.717) is 23.5 Å². The van der Waals surface area contributed by atoms with Crippen molar-refractivity contribution in [3.63, 3.8) is 0 Å². The van der Waals surface area contributed by atoms with E-state index in [2.05, 4.69) is 16.0 Å². The molecule has 0 aromatic carbocycles. The zero-order valence-electron chi connectivity index (χ0n) is 16.7. The molecule has 0 amide bonds. The Hall–Kier alpha value is -3.04. The van der Waals surface area contributed by atoms with Crippen LogP contribution in [0.2, 0.25) is 0 Å². The molecule has 3 heterocycles. The molecule has 1 fully saturated rings. The number of halogens is 4. The Morgan fingerprint density at radius 3 is 2.50 bits per heavy atom. The summed E-state index contributed by atoms with van der Waals surface area (Å²) in [6.07, 6.45) is 0.191. The monoisotopic (exact) mass is 467 g/mol. The summed E-state index contributed by atoms with van der Waals surface area (Å²) in [4.78, 5) is 7.36. The first-order valence-corrected chi connectivity index (χ1v) is 11.2. The lowest BCUT2D eigenvalue weighted by atomic mass is 9.92. The molecule has 1 aliphatic carbocycles. The second-order valence-electron chi connectivity index (χ2n) is 7.58. The Balaban J connectivity index is 1.80. The second-order valence-corrected chi connectivity index (χ2v) is 9.29. The van der Waals surface area contributed by atoms with E-state index in [-0.39, 0.29) is 17.3 Å². The SMILES string of the molecule is C[C@@H](NS(=O)(=O)c1ccc(-c2c(C#N)c3cc(F)ncc3n2C2CCC2)nc1)C(F)(F)F. The third kappa shape index (κ3) is 3.82. The Labute approximate surface area is 180 Å². The van der Waals surface area contributed by atoms with Crippen molar-refractivity contribution in [2.75, 3.05) is 0 Å². The van der Waals surface area contributed by atoms with Gasteiger partial charge in [-0.25, -0.2) is 13.4 Å². The topological polar surface area (TPSA) is 101 Å². The minimum absolute atomic E-state index is 0.0429. The summed E-state index contributed by atoms with van der Waals surface area (Å²) in [7, 11) is -4.47. The third-order valence-corrected chi connectivity index (χ3v) is 7.05. The number of fused-ring (bicyclic) bond motifs is 1. The predicted molar refractivity (Wildman–Crippen MR) is 106 cm³/mol. The molecule has 3 aromatic heterocycles. The normalized spacial score (nSPS) is 16.0. The van der Waals surface area contributed by atoms with Crippen LogP contribution < -0.4 is 4.72 Å². The molecule has 0 radical (unpaired) electrons. The van der Waals surface area contributed by atoms with Gasteiger partial charge in [0, 0.05) is 23.7 Å². The molecule has 4 rings (SSSR count). The van der Waals surface area contributed by atoms with Gasteiger partial charge in [-0.05, 0) is 38.3 Å². The van der Waals surface area contributed by atoms with Crippen molar-refractivity contribution in [2.45, 2.75) is 49.3 Å². The van der Waals surface area contributed by atoms with Crippen LogP contribution in [-0.4, -0.2) is 35.2 Å². The molecule has 7 nitrogen and oxygen atoms in total. The molecular weight excluding hydrogens is 450 g/mol. The summed E-state index contributed by atoms with van der Waals surface area (Å²) in [5.41, 5.74) is 1.36. The maximum Gasteiger partial charge on any atom is 0.404 e. The Morgan fingerprint density at radius 2 is 1.97 bits per heavy atom. The molecule has 32 heavy (non-hydrogen) atoms. The molecule has 1 atom stereocenters. The summed E-state index contributed by atoms with van der Waals surface area (Å²) in [5, 5.41) is 10.1. The number of sulfonamides is 1. The van der Waals surface area contributed by atoms with E-state index >= 15 is 0 Å². The Kier molecular flexibility index (Phi) is 5.42. The first-order chi connectivity index (χ1) is 15.0. The Bertz CT molecular complexity index is 1320. The van der Waals surface area contributed by atoms with E-state index in [0.717, 1.165) is 37.6 Å². The van der Waals surface area contributed by atoms with Gasteiger partial charge in [0.1, 0.15) is 17.0 Å². The quantitative estimate of drug-likeness (QED) is 0.451. The van der Waals surface area contributed by atoms with Gasteiger partial charge in [-0.3, -0.25) is 4.98 Å². The fourth-order valence-electron chi connectivity index (χ4n) is 3.62.